The average molecular weight is 775 g/mol. The Morgan fingerprint density at radius 1 is 0.875 bits per heavy atom. The van der Waals surface area contributed by atoms with Crippen LogP contribution in [0.4, 0.5) is 0 Å². The van der Waals surface area contributed by atoms with Crippen molar-refractivity contribution in [1.82, 2.24) is 29.4 Å². The molecular formula is C44H47ClN6O5. The van der Waals surface area contributed by atoms with E-state index in [4.69, 9.17) is 16.3 Å². The van der Waals surface area contributed by atoms with E-state index >= 15 is 0 Å². The third-order valence-electron chi connectivity index (χ3n) is 13.8. The van der Waals surface area contributed by atoms with Gasteiger partial charge in [0.25, 0.3) is 11.5 Å². The Bertz CT molecular complexity index is 2380. The lowest BCUT2D eigenvalue weighted by molar-refractivity contribution is -0.163. The van der Waals surface area contributed by atoms with E-state index in [-0.39, 0.29) is 53.5 Å². The summed E-state index contributed by atoms with van der Waals surface area (Å²) in [7, 11) is 0. The zero-order valence-electron chi connectivity index (χ0n) is 32.1. The van der Waals surface area contributed by atoms with Gasteiger partial charge in [-0.3, -0.25) is 23.7 Å². The predicted octanol–water partition coefficient (Wildman–Crippen LogP) is 6.08. The van der Waals surface area contributed by atoms with Crippen LogP contribution in [0.1, 0.15) is 110 Å². The lowest BCUT2D eigenvalue weighted by atomic mass is 9.74. The van der Waals surface area contributed by atoms with Gasteiger partial charge in [0.15, 0.2) is 0 Å². The fraction of sp³-hybridized carbons (Fsp3) is 0.477. The number of carbonyl (C=O) groups excluding carboxylic acids is 3. The van der Waals surface area contributed by atoms with Gasteiger partial charge >= 0.3 is 0 Å². The van der Waals surface area contributed by atoms with Gasteiger partial charge in [-0.1, -0.05) is 35.9 Å². The van der Waals surface area contributed by atoms with Gasteiger partial charge in [-0.15, -0.1) is 0 Å². The quantitative estimate of drug-likeness (QED) is 0.217. The van der Waals surface area contributed by atoms with Crippen LogP contribution in [0.5, 0.6) is 5.75 Å². The number of imide groups is 1. The summed E-state index contributed by atoms with van der Waals surface area (Å²) in [6.07, 6.45) is 6.47. The van der Waals surface area contributed by atoms with Gasteiger partial charge in [-0.2, -0.15) is 9.99 Å². The number of amides is 3. The number of hydrazine groups is 1. The van der Waals surface area contributed by atoms with Crippen molar-refractivity contribution < 1.29 is 19.1 Å². The highest BCUT2D eigenvalue weighted by Crippen LogP contribution is 2.50. The molecule has 3 saturated heterocycles. The van der Waals surface area contributed by atoms with Gasteiger partial charge in [-0.25, -0.2) is 5.01 Å². The van der Waals surface area contributed by atoms with Crippen LogP contribution in [0.15, 0.2) is 53.3 Å². The minimum atomic E-state index is -0.388. The molecule has 0 atom stereocenters. The minimum Gasteiger partial charge on any atom is -0.492 e. The van der Waals surface area contributed by atoms with E-state index in [0.717, 1.165) is 105 Å². The van der Waals surface area contributed by atoms with E-state index in [2.05, 4.69) is 57.5 Å². The highest BCUT2D eigenvalue weighted by atomic mass is 35.5. The van der Waals surface area contributed by atoms with E-state index in [9.17, 15) is 19.2 Å². The SMILES string of the molecule is CC1(C)c2ccc(C3CCN(CCCN4CCC5(CC4)COc4c5ccc5c4CN(N4C(=O)CCCC4=O)C5=O)CC3)cc2-n2c1nc(=O)c1c(Cl)cccc12. The van der Waals surface area contributed by atoms with Gasteiger partial charge in [0.2, 0.25) is 11.8 Å². The fourth-order valence-electron chi connectivity index (χ4n) is 10.5. The maximum atomic E-state index is 13.3. The molecule has 0 unspecified atom stereocenters. The molecule has 1 spiro atoms. The molecule has 0 radical (unpaired) electrons. The molecule has 11 nitrogen and oxygen atoms in total. The topological polar surface area (TPSA) is 108 Å². The second-order valence-electron chi connectivity index (χ2n) is 17.3. The lowest BCUT2D eigenvalue weighted by Crippen LogP contribution is -2.52. The zero-order chi connectivity index (χ0) is 38.5. The van der Waals surface area contributed by atoms with Crippen molar-refractivity contribution in [2.45, 2.75) is 88.5 Å². The molecule has 0 saturated carbocycles. The highest BCUT2D eigenvalue weighted by molar-refractivity contribution is 6.35. The van der Waals surface area contributed by atoms with Crippen LogP contribution >= 0.6 is 11.6 Å². The Balaban J connectivity index is 0.742. The first-order valence-corrected chi connectivity index (χ1v) is 20.7. The summed E-state index contributed by atoms with van der Waals surface area (Å²) in [5.41, 5.74) is 6.24. The van der Waals surface area contributed by atoms with Crippen LogP contribution in [-0.4, -0.2) is 93.0 Å². The molecule has 6 aliphatic rings. The summed E-state index contributed by atoms with van der Waals surface area (Å²) in [5, 5.41) is 3.31. The van der Waals surface area contributed by atoms with Crippen LogP contribution in [-0.2, 0) is 27.0 Å². The first kappa shape index (κ1) is 35.8. The summed E-state index contributed by atoms with van der Waals surface area (Å²) >= 11 is 6.51. The zero-order valence-corrected chi connectivity index (χ0v) is 32.9. The van der Waals surface area contributed by atoms with Gasteiger partial charge in [0.05, 0.1) is 45.7 Å². The van der Waals surface area contributed by atoms with Crippen molar-refractivity contribution in [3.8, 4) is 11.4 Å². The molecule has 3 amide bonds. The Morgan fingerprint density at radius 3 is 2.34 bits per heavy atom. The third kappa shape index (κ3) is 5.48. The molecule has 3 aromatic carbocycles. The summed E-state index contributed by atoms with van der Waals surface area (Å²) in [6, 6.07) is 16.4. The largest absolute Gasteiger partial charge is 0.492 e. The van der Waals surface area contributed by atoms with E-state index in [1.54, 1.807) is 6.07 Å². The summed E-state index contributed by atoms with van der Waals surface area (Å²) in [6.45, 7) is 11.4. The van der Waals surface area contributed by atoms with E-state index in [1.807, 2.05) is 18.2 Å². The molecule has 4 aromatic rings. The molecule has 1 aromatic heterocycles. The number of fused-ring (bicyclic) bond motifs is 9. The van der Waals surface area contributed by atoms with Gasteiger partial charge < -0.3 is 14.5 Å². The van der Waals surface area contributed by atoms with Gasteiger partial charge in [-0.05, 0) is 133 Å². The first-order chi connectivity index (χ1) is 27.0. The van der Waals surface area contributed by atoms with E-state index in [1.165, 1.54) is 21.7 Å². The number of ether oxygens (including phenoxy) is 1. The fourth-order valence-corrected chi connectivity index (χ4v) is 10.8. The number of piperidine rings is 3. The number of aromatic nitrogens is 2. The number of nitrogens with zero attached hydrogens (tertiary/aromatic N) is 6. The van der Waals surface area contributed by atoms with Crippen molar-refractivity contribution in [2.24, 2.45) is 0 Å². The van der Waals surface area contributed by atoms with Gasteiger partial charge in [0.1, 0.15) is 11.6 Å². The lowest BCUT2D eigenvalue weighted by Gasteiger charge is -2.39. The number of likely N-dealkylation sites (tertiary alicyclic amines) is 2. The average Bonchev–Trinajstić information content (AvgIpc) is 3.79. The molecule has 0 N–H and O–H groups in total. The molecule has 7 heterocycles. The molecule has 6 aliphatic heterocycles. The molecule has 3 fully saturated rings. The summed E-state index contributed by atoms with van der Waals surface area (Å²) in [4.78, 5) is 61.4. The van der Waals surface area contributed by atoms with Crippen molar-refractivity contribution >= 4 is 40.2 Å². The second-order valence-corrected chi connectivity index (χ2v) is 17.7. The first-order valence-electron chi connectivity index (χ1n) is 20.3. The Hall–Kier alpha value is -4.58. The standard InChI is InChI=1S/C44H47ClN6O5/c1-43(2)31-12-10-28(24-35(31)50-34-7-3-6-33(45)38(34)40(54)46-42(43)50)27-14-20-47(21-15-27)18-5-19-48-22-16-44(17-23-48)26-56-39-30-25-49(41(55)29(30)11-13-32(39)44)51-36(52)8-4-9-37(51)53/h3,6-7,10-13,24,27H,4-5,8-9,14-23,25-26H2,1-2H3. The normalized spacial score (nSPS) is 21.8. The summed E-state index contributed by atoms with van der Waals surface area (Å²) < 4.78 is 8.52. The second kappa shape index (κ2) is 13.2. The van der Waals surface area contributed by atoms with Crippen LogP contribution < -0.4 is 10.3 Å². The number of hydrogen-bond acceptors (Lipinski definition) is 8. The monoisotopic (exact) mass is 774 g/mol. The van der Waals surface area contributed by atoms with Crippen molar-refractivity contribution in [2.75, 3.05) is 45.9 Å². The number of benzene rings is 3. The molecule has 12 heteroatoms. The van der Waals surface area contributed by atoms with Crippen LogP contribution in [0, 0.1) is 0 Å². The molecule has 56 heavy (non-hydrogen) atoms. The Labute approximate surface area is 331 Å². The van der Waals surface area contributed by atoms with Gasteiger partial charge in [0, 0.05) is 29.4 Å². The van der Waals surface area contributed by atoms with Crippen LogP contribution in [0.25, 0.3) is 16.6 Å². The van der Waals surface area contributed by atoms with Crippen LogP contribution in [0.3, 0.4) is 0 Å². The van der Waals surface area contributed by atoms with E-state index < -0.39 is 0 Å². The third-order valence-corrected chi connectivity index (χ3v) is 14.1. The smallest absolute Gasteiger partial charge is 0.282 e. The van der Waals surface area contributed by atoms with E-state index in [0.29, 0.717) is 34.9 Å². The maximum absolute atomic E-state index is 13.3. The number of halogens is 1. The van der Waals surface area contributed by atoms with Crippen LogP contribution in [0.2, 0.25) is 5.02 Å². The predicted molar refractivity (Wildman–Crippen MR) is 212 cm³/mol. The number of carbonyl (C=O) groups is 3. The Kier molecular flexibility index (Phi) is 8.47. The Morgan fingerprint density at radius 2 is 1.59 bits per heavy atom. The molecule has 0 aliphatic carbocycles. The summed E-state index contributed by atoms with van der Waals surface area (Å²) in [5.74, 6) is 1.12. The van der Waals surface area contributed by atoms with Crippen molar-refractivity contribution in [1.29, 1.82) is 0 Å². The van der Waals surface area contributed by atoms with Crippen molar-refractivity contribution in [3.05, 3.63) is 97.5 Å². The highest BCUT2D eigenvalue weighted by Gasteiger charge is 2.48. The van der Waals surface area contributed by atoms with Crippen molar-refractivity contribution in [3.63, 3.8) is 0 Å². The molecule has 0 bridgehead atoms. The molecule has 10 rings (SSSR count). The molecular weight excluding hydrogens is 728 g/mol. The molecule has 290 valence electrons. The number of hydrogen-bond donors (Lipinski definition) is 0. The maximum Gasteiger partial charge on any atom is 0.282 e. The minimum absolute atomic E-state index is 0.0699. The number of rotatable bonds is 6.